The van der Waals surface area contributed by atoms with E-state index in [9.17, 15) is 9.59 Å². The molecule has 5 rings (SSSR count). The van der Waals surface area contributed by atoms with Crippen molar-refractivity contribution in [2.45, 2.75) is 39.4 Å². The molecule has 0 saturated carbocycles. The van der Waals surface area contributed by atoms with Crippen LogP contribution in [0.25, 0.3) is 22.2 Å². The van der Waals surface area contributed by atoms with E-state index in [4.69, 9.17) is 5.10 Å². The van der Waals surface area contributed by atoms with Crippen LogP contribution in [-0.4, -0.2) is 38.0 Å². The number of anilines is 1. The van der Waals surface area contributed by atoms with E-state index < -0.39 is 0 Å². The number of nitrogens with one attached hydrogen (secondary N) is 2. The van der Waals surface area contributed by atoms with Gasteiger partial charge in [-0.15, -0.1) is 0 Å². The summed E-state index contributed by atoms with van der Waals surface area (Å²) >= 11 is 0. The monoisotopic (exact) mass is 472 g/mol. The van der Waals surface area contributed by atoms with Crippen molar-refractivity contribution in [3.63, 3.8) is 0 Å². The molecule has 2 aromatic carbocycles. The Morgan fingerprint density at radius 1 is 1.06 bits per heavy atom. The topological polar surface area (TPSA) is 85.9 Å². The third-order valence-electron chi connectivity index (χ3n) is 6.57. The summed E-state index contributed by atoms with van der Waals surface area (Å²) in [6, 6.07) is 18.9. The number of nitrogens with zero attached hydrogens (tertiary/aromatic N) is 4. The molecule has 0 radical (unpaired) electrons. The number of hydrogen-bond acceptors (Lipinski definition) is 5. The van der Waals surface area contributed by atoms with E-state index in [1.807, 2.05) is 22.9 Å². The van der Waals surface area contributed by atoms with Gasteiger partial charge in [0.15, 0.2) is 5.65 Å². The molecule has 1 unspecified atom stereocenters. The first-order valence-electron chi connectivity index (χ1n) is 12.2. The average Bonchev–Trinajstić information content (AvgIpc) is 3.50. The molecule has 1 atom stereocenters. The van der Waals surface area contributed by atoms with Crippen molar-refractivity contribution in [2.75, 3.05) is 18.4 Å². The van der Waals surface area contributed by atoms with Gasteiger partial charge in [0.1, 0.15) is 11.2 Å². The Labute approximate surface area is 204 Å². The van der Waals surface area contributed by atoms with Crippen LogP contribution >= 0.6 is 0 Å². The van der Waals surface area contributed by atoms with Gasteiger partial charge < -0.3 is 10.6 Å². The lowest BCUT2D eigenvalue weighted by atomic mass is 10.0. The highest BCUT2D eigenvalue weighted by Crippen LogP contribution is 2.24. The highest BCUT2D eigenvalue weighted by molar-refractivity contribution is 5.87. The van der Waals surface area contributed by atoms with Crippen molar-refractivity contribution in [1.82, 2.24) is 24.2 Å². The number of hydrogen-bond donors (Lipinski definition) is 2. The summed E-state index contributed by atoms with van der Waals surface area (Å²) in [5.74, 6) is 0.915. The average molecular weight is 473 g/mol. The van der Waals surface area contributed by atoms with Gasteiger partial charge in [-0.3, -0.25) is 13.9 Å². The van der Waals surface area contributed by atoms with E-state index in [0.717, 1.165) is 30.6 Å². The summed E-state index contributed by atoms with van der Waals surface area (Å²) in [7, 11) is 1.54. The summed E-state index contributed by atoms with van der Waals surface area (Å²) in [6.45, 7) is 6.85. The van der Waals surface area contributed by atoms with Crippen LogP contribution in [0.1, 0.15) is 25.8 Å². The lowest BCUT2D eigenvalue weighted by molar-refractivity contribution is 0.498. The van der Waals surface area contributed by atoms with Crippen molar-refractivity contribution < 1.29 is 0 Å². The van der Waals surface area contributed by atoms with Crippen LogP contribution in [0.2, 0.25) is 0 Å². The Bertz CT molecular complexity index is 1440. The Balaban J connectivity index is 1.60. The Hall–Kier alpha value is -3.65. The fraction of sp³-hybridized carbons (Fsp3) is 0.370. The third-order valence-corrected chi connectivity index (χ3v) is 6.57. The van der Waals surface area contributed by atoms with E-state index in [1.165, 1.54) is 10.1 Å². The summed E-state index contributed by atoms with van der Waals surface area (Å²) < 4.78 is 4.68. The van der Waals surface area contributed by atoms with E-state index in [1.54, 1.807) is 11.6 Å². The van der Waals surface area contributed by atoms with E-state index >= 15 is 0 Å². The second-order valence-corrected chi connectivity index (χ2v) is 9.75. The summed E-state index contributed by atoms with van der Waals surface area (Å²) in [5.41, 5.74) is 3.18. The number of benzene rings is 2. The molecule has 1 aliphatic heterocycles. The Morgan fingerprint density at radius 2 is 1.77 bits per heavy atom. The molecule has 35 heavy (non-hydrogen) atoms. The van der Waals surface area contributed by atoms with Crippen LogP contribution in [0.15, 0.2) is 64.2 Å². The first-order chi connectivity index (χ1) is 16.9. The van der Waals surface area contributed by atoms with Crippen molar-refractivity contribution >= 4 is 16.9 Å². The van der Waals surface area contributed by atoms with Crippen molar-refractivity contribution in [3.8, 4) is 11.1 Å². The predicted molar refractivity (Wildman–Crippen MR) is 140 cm³/mol. The molecule has 1 fully saturated rings. The van der Waals surface area contributed by atoms with Crippen molar-refractivity contribution in [1.29, 1.82) is 0 Å². The fourth-order valence-corrected chi connectivity index (χ4v) is 4.73. The molecule has 2 aromatic heterocycles. The normalized spacial score (nSPS) is 15.8. The highest BCUT2D eigenvalue weighted by atomic mass is 16.2. The molecular formula is C27H32N6O2. The van der Waals surface area contributed by atoms with Crippen LogP contribution in [0, 0.1) is 5.92 Å². The van der Waals surface area contributed by atoms with Crippen LogP contribution < -0.4 is 21.9 Å². The van der Waals surface area contributed by atoms with Gasteiger partial charge in [-0.1, -0.05) is 68.4 Å². The minimum Gasteiger partial charge on any atom is -0.365 e. The molecule has 1 aliphatic rings. The van der Waals surface area contributed by atoms with Crippen LogP contribution in [0.3, 0.4) is 0 Å². The molecule has 3 heterocycles. The van der Waals surface area contributed by atoms with Gasteiger partial charge in [0.2, 0.25) is 0 Å². The quantitative estimate of drug-likeness (QED) is 0.432. The molecule has 4 aromatic rings. The lowest BCUT2D eigenvalue weighted by Crippen LogP contribution is -2.39. The van der Waals surface area contributed by atoms with Crippen molar-refractivity contribution in [3.05, 3.63) is 81.0 Å². The minimum absolute atomic E-state index is 0.198. The van der Waals surface area contributed by atoms with E-state index in [2.05, 4.69) is 60.9 Å². The fourth-order valence-electron chi connectivity index (χ4n) is 4.73. The second kappa shape index (κ2) is 9.54. The van der Waals surface area contributed by atoms with Crippen LogP contribution in [0.4, 0.5) is 5.82 Å². The molecular weight excluding hydrogens is 440 g/mol. The SMILES string of the molecule is CC(C)Cn1c(=O)n(C)c(=O)c2c(NC3CCNC3)n(Cc3ccc(-c4ccccc4)cc3)nc21. The van der Waals surface area contributed by atoms with Gasteiger partial charge in [0, 0.05) is 26.2 Å². The number of aromatic nitrogens is 4. The smallest absolute Gasteiger partial charge is 0.332 e. The maximum Gasteiger partial charge on any atom is 0.332 e. The molecule has 8 nitrogen and oxygen atoms in total. The summed E-state index contributed by atoms with van der Waals surface area (Å²) in [4.78, 5) is 26.3. The first-order valence-corrected chi connectivity index (χ1v) is 12.2. The third kappa shape index (κ3) is 4.53. The zero-order chi connectivity index (χ0) is 24.5. The molecule has 182 valence electrons. The Kier molecular flexibility index (Phi) is 6.30. The van der Waals surface area contributed by atoms with E-state index in [-0.39, 0.29) is 23.2 Å². The number of fused-ring (bicyclic) bond motifs is 1. The van der Waals surface area contributed by atoms with Gasteiger partial charge in [0.25, 0.3) is 5.56 Å². The summed E-state index contributed by atoms with van der Waals surface area (Å²) in [6.07, 6.45) is 0.963. The highest BCUT2D eigenvalue weighted by Gasteiger charge is 2.24. The van der Waals surface area contributed by atoms with Gasteiger partial charge in [0.05, 0.1) is 6.54 Å². The van der Waals surface area contributed by atoms with Gasteiger partial charge in [-0.05, 0) is 35.6 Å². The van der Waals surface area contributed by atoms with Gasteiger partial charge >= 0.3 is 5.69 Å². The molecule has 0 amide bonds. The second-order valence-electron chi connectivity index (χ2n) is 9.75. The molecule has 0 spiro atoms. The van der Waals surface area contributed by atoms with Crippen LogP contribution in [0.5, 0.6) is 0 Å². The molecule has 1 saturated heterocycles. The molecule has 0 aliphatic carbocycles. The lowest BCUT2D eigenvalue weighted by Gasteiger charge is -2.15. The zero-order valence-electron chi connectivity index (χ0n) is 20.5. The van der Waals surface area contributed by atoms with Gasteiger partial charge in [-0.25, -0.2) is 9.48 Å². The molecule has 2 N–H and O–H groups in total. The minimum atomic E-state index is -0.331. The standard InChI is InChI=1S/C27H32N6O2/c1-18(2)16-32-25-23(26(34)31(3)27(32)35)24(29-22-13-14-28-15-22)33(30-25)17-19-9-11-21(12-10-19)20-7-5-4-6-8-20/h4-12,18,22,28-29H,13-17H2,1-3H3. The van der Waals surface area contributed by atoms with Crippen molar-refractivity contribution in [2.24, 2.45) is 13.0 Å². The maximum atomic E-state index is 13.3. The maximum absolute atomic E-state index is 13.3. The van der Waals surface area contributed by atoms with Gasteiger partial charge in [-0.2, -0.15) is 5.10 Å². The first kappa shape index (κ1) is 23.1. The molecule has 0 bridgehead atoms. The zero-order valence-corrected chi connectivity index (χ0v) is 20.5. The Morgan fingerprint density at radius 3 is 2.43 bits per heavy atom. The van der Waals surface area contributed by atoms with E-state index in [0.29, 0.717) is 29.9 Å². The predicted octanol–water partition coefficient (Wildman–Crippen LogP) is 3.04. The summed E-state index contributed by atoms with van der Waals surface area (Å²) in [5, 5.41) is 12.2. The number of rotatable bonds is 7. The van der Waals surface area contributed by atoms with Crippen LogP contribution in [-0.2, 0) is 20.1 Å². The largest absolute Gasteiger partial charge is 0.365 e. The molecule has 8 heteroatoms.